The molecule has 1 aliphatic heterocycles. The highest BCUT2D eigenvalue weighted by Gasteiger charge is 2.25. The highest BCUT2D eigenvalue weighted by atomic mass is 16.5. The highest BCUT2D eigenvalue weighted by molar-refractivity contribution is 5.91. The zero-order valence-corrected chi connectivity index (χ0v) is 22.0. The Balaban J connectivity index is 1.47. The van der Waals surface area contributed by atoms with Crippen LogP contribution in [-0.2, 0) is 11.3 Å². The van der Waals surface area contributed by atoms with Crippen molar-refractivity contribution in [2.24, 2.45) is 0 Å². The number of carbonyl (C=O) groups is 1. The maximum Gasteiger partial charge on any atom is 0.337 e. The lowest BCUT2D eigenvalue weighted by atomic mass is 9.99. The molecule has 10 heteroatoms. The van der Waals surface area contributed by atoms with Crippen molar-refractivity contribution in [1.29, 1.82) is 0 Å². The Hall–Kier alpha value is -4.83. The lowest BCUT2D eigenvalue weighted by Gasteiger charge is -2.18. The van der Waals surface area contributed by atoms with Gasteiger partial charge in [-0.25, -0.2) is 9.78 Å². The van der Waals surface area contributed by atoms with Crippen molar-refractivity contribution < 1.29 is 14.3 Å². The third kappa shape index (κ3) is 5.41. The lowest BCUT2D eigenvalue weighted by Crippen LogP contribution is -2.35. The fourth-order valence-electron chi connectivity index (χ4n) is 4.36. The highest BCUT2D eigenvalue weighted by Crippen LogP contribution is 2.33. The van der Waals surface area contributed by atoms with E-state index in [9.17, 15) is 9.59 Å². The predicted octanol–water partition coefficient (Wildman–Crippen LogP) is 4.57. The number of anilines is 3. The van der Waals surface area contributed by atoms with Crippen molar-refractivity contribution in [3.63, 3.8) is 0 Å². The number of hydrazine groups is 2. The standard InChI is InChI=1S/C29H30N6O4/c1-4-15-30-24-16-21(11-14-23(24)19-7-9-20(10-8-19)29(37)39-3)26-31-27-25(28(36)32-26)33-34-35(27)17-18-5-12-22(38-2)13-6-18/h5-14,16,30,33-34H,4,15,17H2,1-3H3,(H,31,32,36). The van der Waals surface area contributed by atoms with Crippen LogP contribution in [0.2, 0.25) is 0 Å². The monoisotopic (exact) mass is 526 g/mol. The molecule has 3 aromatic carbocycles. The minimum atomic E-state index is -0.377. The van der Waals surface area contributed by atoms with Crippen molar-refractivity contribution in [3.8, 4) is 28.3 Å². The summed E-state index contributed by atoms with van der Waals surface area (Å²) in [6.07, 6.45) is 0.941. The van der Waals surface area contributed by atoms with E-state index in [1.165, 1.54) is 7.11 Å². The van der Waals surface area contributed by atoms with Gasteiger partial charge in [0.25, 0.3) is 5.56 Å². The first-order chi connectivity index (χ1) is 19.0. The number of carbonyl (C=O) groups excluding carboxylic acids is 1. The SMILES string of the molecule is CCCNc1cc(-c2nc3c(c(=O)[nH]2)NNN3Cc2ccc(OC)cc2)ccc1-c1ccc(C(=O)OC)cc1. The number of fused-ring (bicyclic) bond motifs is 1. The molecule has 0 radical (unpaired) electrons. The molecule has 1 aromatic heterocycles. The maximum atomic E-state index is 12.9. The van der Waals surface area contributed by atoms with E-state index in [-0.39, 0.29) is 11.5 Å². The van der Waals surface area contributed by atoms with Gasteiger partial charge in [0.05, 0.1) is 26.3 Å². The molecule has 0 fully saturated rings. The van der Waals surface area contributed by atoms with Crippen LogP contribution in [0.25, 0.3) is 22.5 Å². The summed E-state index contributed by atoms with van der Waals surface area (Å²) in [5, 5.41) is 5.28. The van der Waals surface area contributed by atoms with Gasteiger partial charge in [-0.1, -0.05) is 43.3 Å². The molecule has 200 valence electrons. The van der Waals surface area contributed by atoms with Crippen molar-refractivity contribution in [2.75, 3.05) is 36.5 Å². The molecule has 2 heterocycles. The summed E-state index contributed by atoms with van der Waals surface area (Å²) in [4.78, 5) is 32.5. The molecule has 0 unspecified atom stereocenters. The van der Waals surface area contributed by atoms with Gasteiger partial charge in [-0.2, -0.15) is 0 Å². The van der Waals surface area contributed by atoms with Crippen molar-refractivity contribution in [1.82, 2.24) is 15.5 Å². The van der Waals surface area contributed by atoms with Crippen molar-refractivity contribution >= 4 is 23.2 Å². The number of H-pyrrole nitrogens is 1. The van der Waals surface area contributed by atoms with Crippen LogP contribution < -0.4 is 31.6 Å². The molecule has 0 atom stereocenters. The number of benzene rings is 3. The molecule has 0 saturated carbocycles. The number of hydrogen-bond donors (Lipinski definition) is 4. The smallest absolute Gasteiger partial charge is 0.337 e. The number of nitrogens with one attached hydrogen (secondary N) is 4. The van der Waals surface area contributed by atoms with E-state index in [1.54, 1.807) is 24.3 Å². The second-order valence-corrected chi connectivity index (χ2v) is 9.04. The Morgan fingerprint density at radius 2 is 1.74 bits per heavy atom. The second-order valence-electron chi connectivity index (χ2n) is 9.04. The van der Waals surface area contributed by atoms with Gasteiger partial charge in [0.1, 0.15) is 11.6 Å². The van der Waals surface area contributed by atoms with E-state index in [1.807, 2.05) is 54.6 Å². The van der Waals surface area contributed by atoms with Crippen LogP contribution in [0.1, 0.15) is 29.3 Å². The number of methoxy groups -OCH3 is 2. The Kier molecular flexibility index (Phi) is 7.46. The number of rotatable bonds is 9. The first-order valence-electron chi connectivity index (χ1n) is 12.6. The maximum absolute atomic E-state index is 12.9. The average Bonchev–Trinajstić information content (AvgIpc) is 3.39. The number of aromatic nitrogens is 2. The van der Waals surface area contributed by atoms with Crippen LogP contribution in [0, 0.1) is 0 Å². The van der Waals surface area contributed by atoms with Crippen LogP contribution in [0.3, 0.4) is 0 Å². The first kappa shape index (κ1) is 25.8. The molecule has 0 saturated heterocycles. The van der Waals surface area contributed by atoms with Crippen molar-refractivity contribution in [2.45, 2.75) is 19.9 Å². The van der Waals surface area contributed by atoms with Gasteiger partial charge >= 0.3 is 5.97 Å². The van der Waals surface area contributed by atoms with Gasteiger partial charge < -0.3 is 19.8 Å². The van der Waals surface area contributed by atoms with Crippen LogP contribution in [0.4, 0.5) is 17.2 Å². The molecule has 39 heavy (non-hydrogen) atoms. The Labute approximate surface area is 225 Å². The van der Waals surface area contributed by atoms with Crippen molar-refractivity contribution in [3.05, 3.63) is 88.2 Å². The van der Waals surface area contributed by atoms with Crippen LogP contribution >= 0.6 is 0 Å². The van der Waals surface area contributed by atoms with Crippen LogP contribution in [0.5, 0.6) is 5.75 Å². The average molecular weight is 527 g/mol. The normalized spacial score (nSPS) is 12.0. The molecule has 0 aliphatic carbocycles. The summed E-state index contributed by atoms with van der Waals surface area (Å²) in [6, 6.07) is 20.9. The second kappa shape index (κ2) is 11.3. The van der Waals surface area contributed by atoms with Gasteiger partial charge in [-0.15, -0.1) is 5.53 Å². The van der Waals surface area contributed by atoms with E-state index in [0.29, 0.717) is 29.4 Å². The molecule has 1 aliphatic rings. The van der Waals surface area contributed by atoms with Gasteiger partial charge in [-0.05, 0) is 47.9 Å². The Bertz CT molecular complexity index is 1530. The zero-order chi connectivity index (χ0) is 27.4. The molecule has 0 amide bonds. The summed E-state index contributed by atoms with van der Waals surface area (Å²) < 4.78 is 10.1. The molecule has 0 spiro atoms. The minimum Gasteiger partial charge on any atom is -0.497 e. The summed E-state index contributed by atoms with van der Waals surface area (Å²) in [7, 11) is 2.99. The topological polar surface area (TPSA) is 121 Å². The van der Waals surface area contributed by atoms with Gasteiger partial charge in [0.15, 0.2) is 11.5 Å². The Morgan fingerprint density at radius 1 is 1.00 bits per heavy atom. The van der Waals surface area contributed by atoms with E-state index < -0.39 is 0 Å². The summed E-state index contributed by atoms with van der Waals surface area (Å²) in [6.45, 7) is 3.36. The fourth-order valence-corrected chi connectivity index (χ4v) is 4.36. The van der Waals surface area contributed by atoms with Gasteiger partial charge in [-0.3, -0.25) is 15.2 Å². The molecule has 4 N–H and O–H groups in total. The molecular formula is C29H30N6O4. The number of nitrogens with zero attached hydrogens (tertiary/aromatic N) is 2. The number of hydrogen-bond acceptors (Lipinski definition) is 9. The van der Waals surface area contributed by atoms with E-state index >= 15 is 0 Å². The summed E-state index contributed by atoms with van der Waals surface area (Å²) in [5.74, 6) is 1.36. The van der Waals surface area contributed by atoms with Gasteiger partial charge in [0, 0.05) is 23.4 Å². The molecule has 4 aromatic rings. The number of esters is 1. The molecule has 5 rings (SSSR count). The Morgan fingerprint density at radius 3 is 2.44 bits per heavy atom. The number of aromatic amines is 1. The summed E-state index contributed by atoms with van der Waals surface area (Å²) in [5.41, 5.74) is 11.1. The van der Waals surface area contributed by atoms with Crippen LogP contribution in [-0.4, -0.2) is 36.7 Å². The molecule has 10 nitrogen and oxygen atoms in total. The fraction of sp³-hybridized carbons (Fsp3) is 0.207. The van der Waals surface area contributed by atoms with E-state index in [2.05, 4.69) is 28.2 Å². The van der Waals surface area contributed by atoms with Gasteiger partial charge in [0.2, 0.25) is 0 Å². The van der Waals surface area contributed by atoms with E-state index in [0.717, 1.165) is 46.7 Å². The minimum absolute atomic E-state index is 0.273. The predicted molar refractivity (Wildman–Crippen MR) is 152 cm³/mol. The summed E-state index contributed by atoms with van der Waals surface area (Å²) >= 11 is 0. The quantitative estimate of drug-likeness (QED) is 0.232. The lowest BCUT2D eigenvalue weighted by molar-refractivity contribution is 0.0600. The third-order valence-electron chi connectivity index (χ3n) is 6.45. The third-order valence-corrected chi connectivity index (χ3v) is 6.45. The molecule has 0 bridgehead atoms. The van der Waals surface area contributed by atoms with E-state index in [4.69, 9.17) is 14.5 Å². The zero-order valence-electron chi connectivity index (χ0n) is 22.0. The molecular weight excluding hydrogens is 496 g/mol. The van der Waals surface area contributed by atoms with Crippen LogP contribution in [0.15, 0.2) is 71.5 Å². The number of ether oxygens (including phenoxy) is 2. The largest absolute Gasteiger partial charge is 0.497 e. The first-order valence-corrected chi connectivity index (χ1v) is 12.6.